The van der Waals surface area contributed by atoms with Crippen molar-refractivity contribution in [1.82, 2.24) is 10.6 Å². The third kappa shape index (κ3) is 5.07. The van der Waals surface area contributed by atoms with E-state index in [4.69, 9.17) is 14.6 Å². The molecular formula is C17H25N3O5. The molecule has 1 aromatic carbocycles. The van der Waals surface area contributed by atoms with E-state index in [9.17, 15) is 9.59 Å². The highest BCUT2D eigenvalue weighted by Crippen LogP contribution is 2.34. The maximum absolute atomic E-state index is 12.2. The van der Waals surface area contributed by atoms with E-state index in [0.29, 0.717) is 31.1 Å². The zero-order chi connectivity index (χ0) is 18.2. The molecule has 0 aromatic heterocycles. The number of carbonyl (C=O) groups is 2. The van der Waals surface area contributed by atoms with Gasteiger partial charge in [0.15, 0.2) is 0 Å². The molecule has 1 atom stereocenters. The number of hydrogen-bond acceptors (Lipinski definition) is 6. The number of nitrogens with zero attached hydrogens (tertiary/aromatic N) is 1. The summed E-state index contributed by atoms with van der Waals surface area (Å²) in [5, 5.41) is 14.2. The summed E-state index contributed by atoms with van der Waals surface area (Å²) >= 11 is 0. The van der Waals surface area contributed by atoms with E-state index in [1.54, 1.807) is 25.3 Å². The lowest BCUT2D eigenvalue weighted by atomic mass is 10.1. The fourth-order valence-corrected chi connectivity index (χ4v) is 2.60. The van der Waals surface area contributed by atoms with Gasteiger partial charge in [0.25, 0.3) is 5.91 Å². The lowest BCUT2D eigenvalue weighted by Gasteiger charge is -2.35. The quantitative estimate of drug-likeness (QED) is 0.559. The molecule has 0 saturated heterocycles. The van der Waals surface area contributed by atoms with E-state index in [1.807, 2.05) is 11.9 Å². The van der Waals surface area contributed by atoms with Gasteiger partial charge in [0.1, 0.15) is 12.4 Å². The van der Waals surface area contributed by atoms with Gasteiger partial charge in [-0.25, -0.2) is 0 Å². The molecule has 1 aliphatic rings. The van der Waals surface area contributed by atoms with Crippen LogP contribution in [0.5, 0.6) is 5.75 Å². The Bertz CT molecular complexity index is 608. The first kappa shape index (κ1) is 19.0. The van der Waals surface area contributed by atoms with Crippen LogP contribution in [-0.4, -0.2) is 70.0 Å². The van der Waals surface area contributed by atoms with E-state index in [2.05, 4.69) is 10.6 Å². The van der Waals surface area contributed by atoms with Gasteiger partial charge in [0, 0.05) is 32.8 Å². The van der Waals surface area contributed by atoms with Gasteiger partial charge in [-0.05, 0) is 18.2 Å². The zero-order valence-electron chi connectivity index (χ0n) is 14.6. The van der Waals surface area contributed by atoms with E-state index in [-0.39, 0.29) is 37.4 Å². The first-order valence-corrected chi connectivity index (χ1v) is 8.21. The predicted molar refractivity (Wildman–Crippen MR) is 93.0 cm³/mol. The number of likely N-dealkylation sites (N-methyl/N-ethyl adjacent to an activating group) is 1. The second-order valence-electron chi connectivity index (χ2n) is 5.78. The SMILES string of the molecule is COCCNC(=O)c1ccc2c(c1)N(C)C(CC(=O)NCCO)CO2. The largest absolute Gasteiger partial charge is 0.489 e. The number of amides is 2. The topological polar surface area (TPSA) is 100 Å². The average Bonchev–Trinajstić information content (AvgIpc) is 2.62. The third-order valence-electron chi connectivity index (χ3n) is 4.03. The van der Waals surface area contributed by atoms with Crippen LogP contribution in [0.4, 0.5) is 5.69 Å². The van der Waals surface area contributed by atoms with Crippen LogP contribution in [0.25, 0.3) is 0 Å². The number of fused-ring (bicyclic) bond motifs is 1. The van der Waals surface area contributed by atoms with Crippen molar-refractivity contribution in [3.8, 4) is 5.75 Å². The van der Waals surface area contributed by atoms with Crippen LogP contribution < -0.4 is 20.3 Å². The summed E-state index contributed by atoms with van der Waals surface area (Å²) in [6, 6.07) is 5.09. The number of aliphatic hydroxyl groups is 1. The van der Waals surface area contributed by atoms with Crippen LogP contribution in [0, 0.1) is 0 Å². The summed E-state index contributed by atoms with van der Waals surface area (Å²) in [6.07, 6.45) is 0.250. The molecule has 8 nitrogen and oxygen atoms in total. The molecule has 8 heteroatoms. The van der Waals surface area contributed by atoms with Crippen LogP contribution in [0.3, 0.4) is 0 Å². The molecule has 0 radical (unpaired) electrons. The Morgan fingerprint density at radius 3 is 2.88 bits per heavy atom. The van der Waals surface area contributed by atoms with Crippen LogP contribution in [0.2, 0.25) is 0 Å². The van der Waals surface area contributed by atoms with Crippen molar-refractivity contribution in [1.29, 1.82) is 0 Å². The molecule has 25 heavy (non-hydrogen) atoms. The highest BCUT2D eigenvalue weighted by atomic mass is 16.5. The molecule has 2 amide bonds. The molecule has 0 fully saturated rings. The van der Waals surface area contributed by atoms with Crippen LogP contribution >= 0.6 is 0 Å². The normalized spacial score (nSPS) is 16.0. The molecule has 1 aliphatic heterocycles. The monoisotopic (exact) mass is 351 g/mol. The van der Waals surface area contributed by atoms with Crippen molar-refractivity contribution in [2.24, 2.45) is 0 Å². The number of ether oxygens (including phenoxy) is 2. The van der Waals surface area contributed by atoms with Crippen LogP contribution in [0.15, 0.2) is 18.2 Å². The van der Waals surface area contributed by atoms with Crippen molar-refractivity contribution in [3.05, 3.63) is 23.8 Å². The summed E-state index contributed by atoms with van der Waals surface area (Å²) in [5.41, 5.74) is 1.29. The first-order chi connectivity index (χ1) is 12.1. The average molecular weight is 351 g/mol. The standard InChI is InChI=1S/C17H25N3O5/c1-20-13(10-16(22)18-5-7-21)11-25-15-4-3-12(9-14(15)20)17(23)19-6-8-24-2/h3-4,9,13,21H,5-8,10-11H2,1-2H3,(H,18,22)(H,19,23). The number of aliphatic hydroxyl groups excluding tert-OH is 1. The summed E-state index contributed by atoms with van der Waals surface area (Å²) in [4.78, 5) is 26.0. The Morgan fingerprint density at radius 2 is 2.16 bits per heavy atom. The molecule has 1 heterocycles. The molecule has 138 valence electrons. The highest BCUT2D eigenvalue weighted by molar-refractivity contribution is 5.95. The molecule has 1 unspecified atom stereocenters. The molecule has 0 saturated carbocycles. The number of anilines is 1. The smallest absolute Gasteiger partial charge is 0.251 e. The van der Waals surface area contributed by atoms with Crippen molar-refractivity contribution in [3.63, 3.8) is 0 Å². The predicted octanol–water partition coefficient (Wildman–Crippen LogP) is -0.241. The van der Waals surface area contributed by atoms with E-state index in [0.717, 1.165) is 5.69 Å². The van der Waals surface area contributed by atoms with Gasteiger partial charge < -0.3 is 30.1 Å². The molecule has 0 bridgehead atoms. The summed E-state index contributed by atoms with van der Waals surface area (Å²) in [6.45, 7) is 1.41. The van der Waals surface area contributed by atoms with Crippen molar-refractivity contribution >= 4 is 17.5 Å². The van der Waals surface area contributed by atoms with Crippen molar-refractivity contribution in [2.45, 2.75) is 12.5 Å². The highest BCUT2D eigenvalue weighted by Gasteiger charge is 2.27. The summed E-state index contributed by atoms with van der Waals surface area (Å²) < 4.78 is 10.6. The maximum atomic E-state index is 12.2. The minimum Gasteiger partial charge on any atom is -0.489 e. The number of rotatable bonds is 8. The second-order valence-corrected chi connectivity index (χ2v) is 5.78. The minimum absolute atomic E-state index is 0.0902. The third-order valence-corrected chi connectivity index (χ3v) is 4.03. The number of benzene rings is 1. The number of methoxy groups -OCH3 is 1. The number of hydrogen-bond donors (Lipinski definition) is 3. The summed E-state index contributed by atoms with van der Waals surface area (Å²) in [5.74, 6) is 0.352. The number of carbonyl (C=O) groups excluding carboxylic acids is 2. The van der Waals surface area contributed by atoms with Gasteiger partial charge in [-0.2, -0.15) is 0 Å². The molecular weight excluding hydrogens is 326 g/mol. The van der Waals surface area contributed by atoms with Gasteiger partial charge in [0.05, 0.1) is 31.4 Å². The number of nitrogens with one attached hydrogen (secondary N) is 2. The lowest BCUT2D eigenvalue weighted by molar-refractivity contribution is -0.121. The van der Waals surface area contributed by atoms with Gasteiger partial charge in [-0.1, -0.05) is 0 Å². The Kier molecular flexibility index (Phi) is 7.03. The Labute approximate surface area is 147 Å². The van der Waals surface area contributed by atoms with Crippen molar-refractivity contribution < 1.29 is 24.2 Å². The minimum atomic E-state index is -0.184. The molecule has 1 aromatic rings. The second kappa shape index (κ2) is 9.24. The van der Waals surface area contributed by atoms with Crippen LogP contribution in [-0.2, 0) is 9.53 Å². The van der Waals surface area contributed by atoms with E-state index in [1.165, 1.54) is 0 Å². The summed E-state index contributed by atoms with van der Waals surface area (Å²) in [7, 11) is 3.45. The molecule has 2 rings (SSSR count). The van der Waals surface area contributed by atoms with Crippen LogP contribution in [0.1, 0.15) is 16.8 Å². The fraction of sp³-hybridized carbons (Fsp3) is 0.529. The lowest BCUT2D eigenvalue weighted by Crippen LogP contribution is -2.44. The van der Waals surface area contributed by atoms with Gasteiger partial charge in [-0.3, -0.25) is 9.59 Å². The molecule has 0 spiro atoms. The Hall–Kier alpha value is -2.32. The van der Waals surface area contributed by atoms with E-state index < -0.39 is 0 Å². The maximum Gasteiger partial charge on any atom is 0.251 e. The molecule has 0 aliphatic carbocycles. The first-order valence-electron chi connectivity index (χ1n) is 8.21. The van der Waals surface area contributed by atoms with Gasteiger partial charge >= 0.3 is 0 Å². The van der Waals surface area contributed by atoms with Gasteiger partial charge in [0.2, 0.25) is 5.91 Å². The zero-order valence-corrected chi connectivity index (χ0v) is 14.6. The van der Waals surface area contributed by atoms with Gasteiger partial charge in [-0.15, -0.1) is 0 Å². The van der Waals surface area contributed by atoms with Crippen molar-refractivity contribution in [2.75, 3.05) is 52.0 Å². The fourth-order valence-electron chi connectivity index (χ4n) is 2.60. The Balaban J connectivity index is 2.05. The Morgan fingerprint density at radius 1 is 1.36 bits per heavy atom. The van der Waals surface area contributed by atoms with E-state index >= 15 is 0 Å². The molecule has 3 N–H and O–H groups in total.